The molecule has 0 atom stereocenters. The van der Waals surface area contributed by atoms with E-state index < -0.39 is 0 Å². The van der Waals surface area contributed by atoms with Crippen LogP contribution >= 0.6 is 12.4 Å². The molecule has 144 valence electrons. The van der Waals surface area contributed by atoms with Crippen molar-refractivity contribution < 1.29 is 0 Å². The van der Waals surface area contributed by atoms with Crippen LogP contribution in [0, 0.1) is 0 Å². The molecule has 0 spiro atoms. The predicted octanol–water partition coefficient (Wildman–Crippen LogP) is 2.27. The summed E-state index contributed by atoms with van der Waals surface area (Å²) >= 11 is 0. The average Bonchev–Trinajstić information content (AvgIpc) is 2.73. The zero-order chi connectivity index (χ0) is 19.2. The second-order valence-electron chi connectivity index (χ2n) is 5.67. The van der Waals surface area contributed by atoms with Gasteiger partial charge in [-0.15, -0.1) is 17.5 Å². The van der Waals surface area contributed by atoms with Crippen molar-refractivity contribution in [2.45, 2.75) is 0 Å². The van der Waals surface area contributed by atoms with Crippen LogP contribution in [0.25, 0.3) is 22.1 Å². The van der Waals surface area contributed by atoms with Crippen LogP contribution in [0.5, 0.6) is 0 Å². The third kappa shape index (κ3) is 5.05. The van der Waals surface area contributed by atoms with E-state index in [4.69, 9.17) is 5.73 Å². The minimum Gasteiger partial charge on any atom is -0.367 e. The number of nitrogens with two attached hydrogens (primary N) is 1. The summed E-state index contributed by atoms with van der Waals surface area (Å²) in [6, 6.07) is 15.2. The third-order valence-electron chi connectivity index (χ3n) is 3.67. The smallest absolute Gasteiger partial charge is 0.234 e. The normalized spacial score (nSPS) is 11.9. The molecule has 0 saturated heterocycles. The highest BCUT2D eigenvalue weighted by atomic mass is 35.5. The predicted molar refractivity (Wildman–Crippen MR) is 116 cm³/mol. The van der Waals surface area contributed by atoms with Crippen molar-refractivity contribution in [3.63, 3.8) is 0 Å². The number of hydrogen-bond acceptors (Lipinski definition) is 7. The van der Waals surface area contributed by atoms with Gasteiger partial charge in [0.05, 0.1) is 46.9 Å². The summed E-state index contributed by atoms with van der Waals surface area (Å²) in [4.78, 5) is 17.4. The maximum Gasteiger partial charge on any atom is 0.234 e. The monoisotopic (exact) mass is 405 g/mol. The Morgan fingerprint density at radius 2 is 1.31 bits per heavy atom. The molecule has 0 aliphatic rings. The highest BCUT2D eigenvalue weighted by molar-refractivity contribution is 5.86. The minimum absolute atomic E-state index is 0. The molecule has 2 aromatic heterocycles. The fourth-order valence-electron chi connectivity index (χ4n) is 2.40. The van der Waals surface area contributed by atoms with Crippen LogP contribution in [0.4, 0.5) is 0 Å². The lowest BCUT2D eigenvalue weighted by molar-refractivity contribution is 0.991. The summed E-state index contributed by atoms with van der Waals surface area (Å²) in [7, 11) is 0. The molecule has 3 N–H and O–H groups in total. The maximum absolute atomic E-state index is 5.72. The molecule has 0 aliphatic heterocycles. The lowest BCUT2D eigenvalue weighted by Gasteiger charge is -1.98. The van der Waals surface area contributed by atoms with Crippen molar-refractivity contribution in [1.29, 1.82) is 0 Å². The molecule has 2 aromatic carbocycles. The summed E-state index contributed by atoms with van der Waals surface area (Å²) in [5.41, 5.74) is 12.7. The number of fused-ring (bicyclic) bond motifs is 2. The Labute approximate surface area is 171 Å². The van der Waals surface area contributed by atoms with Gasteiger partial charge in [0.15, 0.2) is 0 Å². The number of nitrogens with one attached hydrogen (secondary N) is 1. The van der Waals surface area contributed by atoms with Crippen LogP contribution in [0.15, 0.2) is 76.2 Å². The molecular formula is C19H16ClN9. The number of guanidine groups is 1. The second-order valence-corrected chi connectivity index (χ2v) is 5.67. The summed E-state index contributed by atoms with van der Waals surface area (Å²) in [6.07, 6.45) is 6.20. The van der Waals surface area contributed by atoms with Gasteiger partial charge in [0.2, 0.25) is 5.96 Å². The molecule has 0 fully saturated rings. The van der Waals surface area contributed by atoms with Gasteiger partial charge in [-0.3, -0.25) is 9.97 Å². The minimum atomic E-state index is 0. The number of aromatic nitrogens is 4. The second kappa shape index (κ2) is 9.29. The van der Waals surface area contributed by atoms with Crippen molar-refractivity contribution in [2.24, 2.45) is 21.0 Å². The Balaban J connectivity index is 0.00000240. The van der Waals surface area contributed by atoms with E-state index in [2.05, 4.69) is 40.7 Å². The topological polar surface area (TPSA) is 127 Å². The zero-order valence-corrected chi connectivity index (χ0v) is 15.9. The fraction of sp³-hybridized carbons (Fsp3) is 0. The van der Waals surface area contributed by atoms with Crippen molar-refractivity contribution in [1.82, 2.24) is 25.4 Å². The van der Waals surface area contributed by atoms with Gasteiger partial charge in [0, 0.05) is 0 Å². The molecule has 0 unspecified atom stereocenters. The summed E-state index contributed by atoms with van der Waals surface area (Å²) in [5.74, 6) is 0.0231. The lowest BCUT2D eigenvalue weighted by Crippen LogP contribution is -2.26. The van der Waals surface area contributed by atoms with Crippen LogP contribution in [0.3, 0.4) is 0 Å². The molecule has 0 bridgehead atoms. The van der Waals surface area contributed by atoms with E-state index in [1.54, 1.807) is 12.4 Å². The standard InChI is InChI=1S/C19H15N9.ClH/c20-19(27-23-11-13-9-21-15-5-1-3-7-17(15)25-13)28-24-12-14-10-22-16-6-2-4-8-18(16)26-14;/h1-12H,(H3,20,27,28);1H. The molecule has 0 amide bonds. The highest BCUT2D eigenvalue weighted by Gasteiger charge is 1.97. The molecule has 10 heteroatoms. The van der Waals surface area contributed by atoms with E-state index in [1.807, 2.05) is 48.5 Å². The van der Waals surface area contributed by atoms with Gasteiger partial charge in [-0.05, 0) is 24.3 Å². The number of rotatable bonds is 4. The SMILES string of the molecule is Cl.NC(=NN=Cc1cnc2ccccc2n1)NN=Cc1cnc2ccccc2n1. The van der Waals surface area contributed by atoms with Gasteiger partial charge in [-0.25, -0.2) is 15.4 Å². The van der Waals surface area contributed by atoms with Gasteiger partial charge in [0.1, 0.15) is 11.4 Å². The fourth-order valence-corrected chi connectivity index (χ4v) is 2.40. The molecule has 4 rings (SSSR count). The van der Waals surface area contributed by atoms with Crippen LogP contribution in [0.2, 0.25) is 0 Å². The zero-order valence-electron chi connectivity index (χ0n) is 15.0. The van der Waals surface area contributed by atoms with Crippen LogP contribution in [-0.2, 0) is 0 Å². The van der Waals surface area contributed by atoms with E-state index in [0.717, 1.165) is 22.1 Å². The Morgan fingerprint density at radius 1 is 0.793 bits per heavy atom. The van der Waals surface area contributed by atoms with E-state index in [9.17, 15) is 0 Å². The molecule has 4 aromatic rings. The van der Waals surface area contributed by atoms with E-state index in [0.29, 0.717) is 11.4 Å². The van der Waals surface area contributed by atoms with Gasteiger partial charge in [0.25, 0.3) is 0 Å². The number of hydrazone groups is 1. The van der Waals surface area contributed by atoms with Gasteiger partial charge < -0.3 is 5.73 Å². The van der Waals surface area contributed by atoms with E-state index in [1.165, 1.54) is 12.4 Å². The Bertz CT molecular complexity index is 1220. The van der Waals surface area contributed by atoms with Gasteiger partial charge >= 0.3 is 0 Å². The molecule has 0 aliphatic carbocycles. The van der Waals surface area contributed by atoms with Crippen LogP contribution in [0.1, 0.15) is 11.4 Å². The quantitative estimate of drug-likeness (QED) is 0.304. The first-order valence-corrected chi connectivity index (χ1v) is 8.37. The van der Waals surface area contributed by atoms with Gasteiger partial charge in [-0.1, -0.05) is 24.3 Å². The first-order chi connectivity index (χ1) is 13.8. The maximum atomic E-state index is 5.72. The number of benzene rings is 2. The number of halogens is 1. The van der Waals surface area contributed by atoms with Crippen molar-refractivity contribution >= 4 is 52.9 Å². The Kier molecular flexibility index (Phi) is 6.33. The highest BCUT2D eigenvalue weighted by Crippen LogP contribution is 2.08. The van der Waals surface area contributed by atoms with Crippen molar-refractivity contribution in [3.8, 4) is 0 Å². The van der Waals surface area contributed by atoms with Crippen LogP contribution in [-0.4, -0.2) is 38.3 Å². The molecule has 2 heterocycles. The first kappa shape index (κ1) is 19.8. The summed E-state index contributed by atoms with van der Waals surface area (Å²) in [6.45, 7) is 0. The molecule has 9 nitrogen and oxygen atoms in total. The average molecular weight is 406 g/mol. The number of hydrogen-bond donors (Lipinski definition) is 2. The van der Waals surface area contributed by atoms with Crippen LogP contribution < -0.4 is 11.2 Å². The largest absolute Gasteiger partial charge is 0.367 e. The van der Waals surface area contributed by atoms with E-state index in [-0.39, 0.29) is 18.4 Å². The Morgan fingerprint density at radius 3 is 1.90 bits per heavy atom. The number of para-hydroxylation sites is 4. The summed E-state index contributed by atoms with van der Waals surface area (Å²) < 4.78 is 0. The Hall–Kier alpha value is -3.98. The third-order valence-corrected chi connectivity index (χ3v) is 3.67. The molecular weight excluding hydrogens is 390 g/mol. The van der Waals surface area contributed by atoms with E-state index >= 15 is 0 Å². The first-order valence-electron chi connectivity index (χ1n) is 8.37. The summed E-state index contributed by atoms with van der Waals surface area (Å²) in [5, 5.41) is 11.7. The van der Waals surface area contributed by atoms with Gasteiger partial charge in [-0.2, -0.15) is 10.2 Å². The van der Waals surface area contributed by atoms with Crippen molar-refractivity contribution in [2.75, 3.05) is 0 Å². The lowest BCUT2D eigenvalue weighted by atomic mass is 10.3. The molecule has 29 heavy (non-hydrogen) atoms. The molecule has 0 saturated carbocycles. The molecule has 0 radical (unpaired) electrons. The number of nitrogens with zero attached hydrogens (tertiary/aromatic N) is 7. The van der Waals surface area contributed by atoms with Crippen molar-refractivity contribution in [3.05, 3.63) is 72.3 Å².